The van der Waals surface area contributed by atoms with Gasteiger partial charge in [0.2, 0.25) is 0 Å². The third-order valence-electron chi connectivity index (χ3n) is 3.59. The van der Waals surface area contributed by atoms with E-state index in [0.29, 0.717) is 12.2 Å². The molecule has 3 rings (SSSR count). The Labute approximate surface area is 133 Å². The summed E-state index contributed by atoms with van der Waals surface area (Å²) in [5, 5.41) is 5.60. The van der Waals surface area contributed by atoms with E-state index in [1.165, 1.54) is 11.3 Å². The molecule has 0 fully saturated rings. The normalized spacial score (nSPS) is 11.0. The van der Waals surface area contributed by atoms with Gasteiger partial charge in [-0.05, 0) is 25.5 Å². The van der Waals surface area contributed by atoms with Crippen molar-refractivity contribution in [1.82, 2.24) is 19.9 Å². The van der Waals surface area contributed by atoms with Crippen LogP contribution >= 0.6 is 11.3 Å². The quantitative estimate of drug-likeness (QED) is 0.737. The number of aryl methyl sites for hydroxylation is 3. The SMILES string of the molecule is Cc1nc(C(=O)NCCCc2nc3ccccc3n2C)cs1. The standard InChI is InChI=1S/C16H18N4OS/c1-11-18-13(10-22-11)16(21)17-9-5-8-15-19-12-6-3-4-7-14(12)20(15)2/h3-4,6-7,10H,5,8-9H2,1-2H3,(H,17,21). The Hall–Kier alpha value is -2.21. The number of carbonyl (C=O) groups excluding carboxylic acids is 1. The van der Waals surface area contributed by atoms with Gasteiger partial charge in [0.1, 0.15) is 11.5 Å². The van der Waals surface area contributed by atoms with Crippen LogP contribution in [0.25, 0.3) is 11.0 Å². The van der Waals surface area contributed by atoms with E-state index in [2.05, 4.69) is 25.9 Å². The zero-order valence-electron chi connectivity index (χ0n) is 12.7. The number of nitrogens with one attached hydrogen (secondary N) is 1. The predicted octanol–water partition coefficient (Wildman–Crippen LogP) is 2.70. The number of para-hydroxylation sites is 2. The number of amides is 1. The zero-order chi connectivity index (χ0) is 15.5. The molecule has 0 radical (unpaired) electrons. The summed E-state index contributed by atoms with van der Waals surface area (Å²) in [5.74, 6) is 0.939. The van der Waals surface area contributed by atoms with Gasteiger partial charge in [-0.15, -0.1) is 11.3 Å². The predicted molar refractivity (Wildman–Crippen MR) is 88.2 cm³/mol. The van der Waals surface area contributed by atoms with E-state index in [-0.39, 0.29) is 5.91 Å². The molecule has 0 spiro atoms. The molecule has 0 aliphatic heterocycles. The molecule has 0 aliphatic rings. The zero-order valence-corrected chi connectivity index (χ0v) is 13.5. The Balaban J connectivity index is 1.54. The molecule has 5 nitrogen and oxygen atoms in total. The molecule has 2 heterocycles. The van der Waals surface area contributed by atoms with Crippen LogP contribution in [0.1, 0.15) is 27.7 Å². The number of fused-ring (bicyclic) bond motifs is 1. The monoisotopic (exact) mass is 314 g/mol. The molecule has 0 aliphatic carbocycles. The summed E-state index contributed by atoms with van der Waals surface area (Å²) in [6.45, 7) is 2.52. The maximum absolute atomic E-state index is 11.9. The van der Waals surface area contributed by atoms with Gasteiger partial charge in [0.15, 0.2) is 0 Å². The minimum Gasteiger partial charge on any atom is -0.351 e. The van der Waals surface area contributed by atoms with Crippen molar-refractivity contribution in [1.29, 1.82) is 0 Å². The topological polar surface area (TPSA) is 59.8 Å². The fourth-order valence-corrected chi connectivity index (χ4v) is 3.02. The first-order valence-electron chi connectivity index (χ1n) is 7.26. The van der Waals surface area contributed by atoms with Crippen LogP contribution in [0.15, 0.2) is 29.6 Å². The van der Waals surface area contributed by atoms with Gasteiger partial charge in [-0.3, -0.25) is 4.79 Å². The lowest BCUT2D eigenvalue weighted by Crippen LogP contribution is -2.25. The van der Waals surface area contributed by atoms with Gasteiger partial charge in [0.25, 0.3) is 5.91 Å². The number of aromatic nitrogens is 3. The van der Waals surface area contributed by atoms with Crippen LogP contribution in [-0.4, -0.2) is 27.0 Å². The van der Waals surface area contributed by atoms with Crippen molar-refractivity contribution in [3.05, 3.63) is 46.2 Å². The van der Waals surface area contributed by atoms with Gasteiger partial charge in [0, 0.05) is 25.4 Å². The van der Waals surface area contributed by atoms with Crippen molar-refractivity contribution in [2.45, 2.75) is 19.8 Å². The smallest absolute Gasteiger partial charge is 0.270 e. The van der Waals surface area contributed by atoms with Crippen LogP contribution in [0, 0.1) is 6.92 Å². The number of carbonyl (C=O) groups is 1. The van der Waals surface area contributed by atoms with Crippen LogP contribution in [-0.2, 0) is 13.5 Å². The summed E-state index contributed by atoms with van der Waals surface area (Å²) in [6, 6.07) is 8.10. The first kappa shape index (κ1) is 14.7. The van der Waals surface area contributed by atoms with Crippen LogP contribution in [0.4, 0.5) is 0 Å². The second-order valence-electron chi connectivity index (χ2n) is 5.19. The van der Waals surface area contributed by atoms with E-state index < -0.39 is 0 Å². The van der Waals surface area contributed by atoms with Gasteiger partial charge in [-0.2, -0.15) is 0 Å². The molecular formula is C16H18N4OS. The van der Waals surface area contributed by atoms with E-state index >= 15 is 0 Å². The number of nitrogens with zero attached hydrogens (tertiary/aromatic N) is 3. The number of hydrogen-bond acceptors (Lipinski definition) is 4. The van der Waals surface area contributed by atoms with E-state index in [4.69, 9.17) is 0 Å². The molecule has 1 amide bonds. The largest absolute Gasteiger partial charge is 0.351 e. The number of benzene rings is 1. The summed E-state index contributed by atoms with van der Waals surface area (Å²) >= 11 is 1.49. The Morgan fingerprint density at radius 1 is 1.32 bits per heavy atom. The van der Waals surface area contributed by atoms with E-state index in [0.717, 1.165) is 34.7 Å². The molecule has 0 bridgehead atoms. The summed E-state index contributed by atoms with van der Waals surface area (Å²) in [7, 11) is 2.03. The van der Waals surface area contributed by atoms with Gasteiger partial charge in [0.05, 0.1) is 16.0 Å². The van der Waals surface area contributed by atoms with Gasteiger partial charge in [-0.25, -0.2) is 9.97 Å². The molecule has 3 aromatic rings. The van der Waals surface area contributed by atoms with Gasteiger partial charge in [-0.1, -0.05) is 12.1 Å². The molecule has 22 heavy (non-hydrogen) atoms. The van der Waals surface area contributed by atoms with Crippen molar-refractivity contribution in [2.24, 2.45) is 7.05 Å². The third kappa shape index (κ3) is 3.01. The first-order valence-corrected chi connectivity index (χ1v) is 8.14. The fourth-order valence-electron chi connectivity index (χ4n) is 2.43. The second kappa shape index (κ2) is 6.27. The van der Waals surface area contributed by atoms with E-state index in [1.54, 1.807) is 5.38 Å². The Morgan fingerprint density at radius 3 is 2.86 bits per heavy atom. The molecule has 1 aromatic carbocycles. The third-order valence-corrected chi connectivity index (χ3v) is 4.37. The number of rotatable bonds is 5. The Bertz CT molecular complexity index is 805. The highest BCUT2D eigenvalue weighted by Crippen LogP contribution is 2.15. The van der Waals surface area contributed by atoms with Crippen molar-refractivity contribution in [2.75, 3.05) is 6.54 Å². The lowest BCUT2D eigenvalue weighted by molar-refractivity contribution is 0.0948. The average Bonchev–Trinajstić information content (AvgIpc) is 3.08. The fraction of sp³-hybridized carbons (Fsp3) is 0.312. The highest BCUT2D eigenvalue weighted by atomic mass is 32.1. The molecule has 0 saturated carbocycles. The first-order chi connectivity index (χ1) is 10.6. The Morgan fingerprint density at radius 2 is 2.14 bits per heavy atom. The van der Waals surface area contributed by atoms with Crippen molar-refractivity contribution in [3.63, 3.8) is 0 Å². The maximum Gasteiger partial charge on any atom is 0.270 e. The lowest BCUT2D eigenvalue weighted by atomic mass is 10.3. The minimum atomic E-state index is -0.102. The van der Waals surface area contributed by atoms with Crippen LogP contribution in [0.3, 0.4) is 0 Å². The van der Waals surface area contributed by atoms with Crippen molar-refractivity contribution in [3.8, 4) is 0 Å². The number of thiazole rings is 1. The molecular weight excluding hydrogens is 296 g/mol. The van der Waals surface area contributed by atoms with E-state index in [9.17, 15) is 4.79 Å². The second-order valence-corrected chi connectivity index (χ2v) is 6.25. The van der Waals surface area contributed by atoms with Gasteiger partial charge >= 0.3 is 0 Å². The molecule has 114 valence electrons. The van der Waals surface area contributed by atoms with Crippen LogP contribution in [0.5, 0.6) is 0 Å². The summed E-state index contributed by atoms with van der Waals surface area (Å²) in [4.78, 5) is 20.7. The summed E-state index contributed by atoms with van der Waals surface area (Å²) in [6.07, 6.45) is 1.69. The Kier molecular flexibility index (Phi) is 4.20. The molecule has 0 unspecified atom stereocenters. The molecule has 0 atom stereocenters. The van der Waals surface area contributed by atoms with E-state index in [1.807, 2.05) is 32.2 Å². The molecule has 1 N–H and O–H groups in total. The lowest BCUT2D eigenvalue weighted by Gasteiger charge is -2.04. The summed E-state index contributed by atoms with van der Waals surface area (Å²) in [5.41, 5.74) is 2.66. The van der Waals surface area contributed by atoms with Crippen molar-refractivity contribution < 1.29 is 4.79 Å². The molecule has 6 heteroatoms. The van der Waals surface area contributed by atoms with Gasteiger partial charge < -0.3 is 9.88 Å². The molecule has 0 saturated heterocycles. The average molecular weight is 314 g/mol. The highest BCUT2D eigenvalue weighted by Gasteiger charge is 2.09. The minimum absolute atomic E-state index is 0.102. The maximum atomic E-state index is 11.9. The highest BCUT2D eigenvalue weighted by molar-refractivity contribution is 7.09. The number of imidazole rings is 1. The molecule has 2 aromatic heterocycles. The summed E-state index contributed by atoms with van der Waals surface area (Å²) < 4.78 is 2.11. The number of hydrogen-bond donors (Lipinski definition) is 1. The van der Waals surface area contributed by atoms with Crippen LogP contribution in [0.2, 0.25) is 0 Å². The van der Waals surface area contributed by atoms with Crippen molar-refractivity contribution >= 4 is 28.3 Å². The van der Waals surface area contributed by atoms with Crippen LogP contribution < -0.4 is 5.32 Å².